The van der Waals surface area contributed by atoms with Crippen LogP contribution in [0.15, 0.2) is 25.9 Å². The van der Waals surface area contributed by atoms with Crippen LogP contribution in [-0.2, 0) is 6.54 Å². The summed E-state index contributed by atoms with van der Waals surface area (Å²) in [4.78, 5) is 12.9. The Morgan fingerprint density at radius 3 is 2.90 bits per heavy atom. The maximum Gasteiger partial charge on any atom is 0.343 e. The molecule has 0 amide bonds. The second kappa shape index (κ2) is 6.93. The molecular formula is C12H17BrN4OS2. The van der Waals surface area contributed by atoms with E-state index >= 15 is 0 Å². The van der Waals surface area contributed by atoms with Crippen molar-refractivity contribution in [2.45, 2.75) is 43.3 Å². The smallest absolute Gasteiger partial charge is 0.327 e. The van der Waals surface area contributed by atoms with Crippen molar-refractivity contribution in [3.63, 3.8) is 0 Å². The first-order valence-corrected chi connectivity index (χ1v) is 8.84. The Bertz CT molecular complexity index is 619. The number of rotatable bonds is 6. The molecule has 2 rings (SSSR count). The number of nitrogens with one attached hydrogen (secondary N) is 1. The molecule has 0 aliphatic carbocycles. The minimum atomic E-state index is -0.162. The highest BCUT2D eigenvalue weighted by atomic mass is 79.9. The molecule has 3 N–H and O–H groups in total. The van der Waals surface area contributed by atoms with Crippen LogP contribution >= 0.6 is 39.0 Å². The van der Waals surface area contributed by atoms with Gasteiger partial charge in [-0.2, -0.15) is 0 Å². The van der Waals surface area contributed by atoms with Crippen molar-refractivity contribution in [1.82, 2.24) is 14.8 Å². The Kier molecular flexibility index (Phi) is 5.48. The van der Waals surface area contributed by atoms with Gasteiger partial charge in [0, 0.05) is 17.5 Å². The summed E-state index contributed by atoms with van der Waals surface area (Å²) in [6, 6.07) is 4.04. The molecule has 0 aromatic carbocycles. The van der Waals surface area contributed by atoms with Crippen molar-refractivity contribution in [3.8, 4) is 0 Å². The summed E-state index contributed by atoms with van der Waals surface area (Å²) in [6.45, 7) is 4.67. The first-order chi connectivity index (χ1) is 9.52. The van der Waals surface area contributed by atoms with E-state index in [0.29, 0.717) is 11.7 Å². The van der Waals surface area contributed by atoms with Gasteiger partial charge >= 0.3 is 5.69 Å². The molecule has 0 aliphatic rings. The number of nitrogens with two attached hydrogens (primary N) is 1. The summed E-state index contributed by atoms with van der Waals surface area (Å²) < 4.78 is 2.75. The number of thioether (sulfide) groups is 1. The molecule has 8 heteroatoms. The number of hydrogen-bond acceptors (Lipinski definition) is 5. The van der Waals surface area contributed by atoms with E-state index < -0.39 is 0 Å². The molecule has 20 heavy (non-hydrogen) atoms. The molecule has 0 fully saturated rings. The van der Waals surface area contributed by atoms with E-state index in [1.807, 2.05) is 19.9 Å². The van der Waals surface area contributed by atoms with E-state index in [4.69, 9.17) is 5.73 Å². The van der Waals surface area contributed by atoms with Gasteiger partial charge in [0.15, 0.2) is 5.16 Å². The standard InChI is InChI=1S/C12H17BrN4OS2/c1-3-6-17-11(18)15-16-12(17)20-10(7(2)14)8-4-5-9(13)19-8/h4-5,7,10H,3,6,14H2,1-2H3,(H,15,18). The molecule has 5 nitrogen and oxygen atoms in total. The molecule has 0 saturated heterocycles. The molecule has 2 heterocycles. The maximum absolute atomic E-state index is 11.7. The molecule has 0 bridgehead atoms. The van der Waals surface area contributed by atoms with E-state index in [0.717, 1.165) is 10.2 Å². The first-order valence-electron chi connectivity index (χ1n) is 6.35. The van der Waals surface area contributed by atoms with Crippen molar-refractivity contribution in [3.05, 3.63) is 31.3 Å². The lowest BCUT2D eigenvalue weighted by atomic mass is 10.2. The number of aromatic amines is 1. The van der Waals surface area contributed by atoms with E-state index in [1.165, 1.54) is 16.6 Å². The van der Waals surface area contributed by atoms with Gasteiger partial charge in [-0.1, -0.05) is 18.7 Å². The molecule has 0 aliphatic heterocycles. The van der Waals surface area contributed by atoms with Crippen LogP contribution in [0.5, 0.6) is 0 Å². The van der Waals surface area contributed by atoms with Crippen LogP contribution in [0.2, 0.25) is 0 Å². The Morgan fingerprint density at radius 1 is 1.60 bits per heavy atom. The fourth-order valence-corrected chi connectivity index (χ4v) is 4.68. The van der Waals surface area contributed by atoms with Crippen molar-refractivity contribution in [1.29, 1.82) is 0 Å². The second-order valence-corrected chi connectivity index (χ2v) is 8.11. The average molecular weight is 377 g/mol. The number of halogens is 1. The van der Waals surface area contributed by atoms with Crippen LogP contribution in [0, 0.1) is 0 Å². The van der Waals surface area contributed by atoms with Crippen LogP contribution in [0.1, 0.15) is 30.4 Å². The Hall–Kier alpha value is -0.570. The van der Waals surface area contributed by atoms with Gasteiger partial charge in [-0.25, -0.2) is 9.89 Å². The molecule has 2 aromatic heterocycles. The van der Waals surface area contributed by atoms with E-state index in [2.05, 4.69) is 32.2 Å². The van der Waals surface area contributed by atoms with Crippen molar-refractivity contribution in [2.75, 3.05) is 0 Å². The SMILES string of the molecule is CCCn1c(SC(c2ccc(Br)s2)C(C)N)n[nH]c1=O. The third-order valence-corrected chi connectivity index (χ3v) is 6.07. The Labute approximate surface area is 134 Å². The Balaban J connectivity index is 2.27. The molecule has 2 aromatic rings. The van der Waals surface area contributed by atoms with Crippen LogP contribution in [0.25, 0.3) is 0 Å². The van der Waals surface area contributed by atoms with Crippen LogP contribution < -0.4 is 11.4 Å². The highest BCUT2D eigenvalue weighted by molar-refractivity contribution is 9.11. The number of thiophene rings is 1. The first kappa shape index (κ1) is 15.8. The second-order valence-electron chi connectivity index (χ2n) is 4.50. The number of hydrogen-bond donors (Lipinski definition) is 2. The minimum absolute atomic E-state index is 0.0348. The van der Waals surface area contributed by atoms with Crippen LogP contribution in [0.3, 0.4) is 0 Å². The quantitative estimate of drug-likeness (QED) is 0.759. The summed E-state index contributed by atoms with van der Waals surface area (Å²) in [5, 5.41) is 7.41. The van der Waals surface area contributed by atoms with Gasteiger partial charge in [0.1, 0.15) is 0 Å². The van der Waals surface area contributed by atoms with E-state index in [1.54, 1.807) is 15.9 Å². The molecule has 0 radical (unpaired) electrons. The molecule has 0 saturated carbocycles. The zero-order valence-corrected chi connectivity index (χ0v) is 14.5. The minimum Gasteiger partial charge on any atom is -0.327 e. The van der Waals surface area contributed by atoms with Gasteiger partial charge in [0.2, 0.25) is 0 Å². The molecule has 0 spiro atoms. The fourth-order valence-electron chi connectivity index (χ4n) is 1.83. The van der Waals surface area contributed by atoms with Gasteiger partial charge < -0.3 is 5.73 Å². The summed E-state index contributed by atoms with van der Waals surface area (Å²) in [5.41, 5.74) is 5.94. The monoisotopic (exact) mass is 376 g/mol. The van der Waals surface area contributed by atoms with Crippen LogP contribution in [-0.4, -0.2) is 20.8 Å². The average Bonchev–Trinajstić information content (AvgIpc) is 2.95. The summed E-state index contributed by atoms with van der Waals surface area (Å²) in [7, 11) is 0. The zero-order valence-electron chi connectivity index (χ0n) is 11.3. The van der Waals surface area contributed by atoms with Crippen molar-refractivity contribution >= 4 is 39.0 Å². The van der Waals surface area contributed by atoms with Gasteiger partial charge in [-0.3, -0.25) is 4.57 Å². The molecule has 2 unspecified atom stereocenters. The van der Waals surface area contributed by atoms with Crippen molar-refractivity contribution in [2.24, 2.45) is 5.73 Å². The van der Waals surface area contributed by atoms with E-state index in [-0.39, 0.29) is 17.0 Å². The largest absolute Gasteiger partial charge is 0.343 e. The number of nitrogens with zero attached hydrogens (tertiary/aromatic N) is 2. The van der Waals surface area contributed by atoms with Gasteiger partial charge in [0.05, 0.1) is 9.04 Å². The lowest BCUT2D eigenvalue weighted by molar-refractivity contribution is 0.600. The molecule has 2 atom stereocenters. The third-order valence-electron chi connectivity index (χ3n) is 2.75. The highest BCUT2D eigenvalue weighted by Crippen LogP contribution is 2.40. The maximum atomic E-state index is 11.7. The summed E-state index contributed by atoms with van der Waals surface area (Å²) in [6.07, 6.45) is 0.889. The normalized spacial score (nSPS) is 14.4. The van der Waals surface area contributed by atoms with Crippen molar-refractivity contribution < 1.29 is 0 Å². The summed E-state index contributed by atoms with van der Waals surface area (Å²) in [5.74, 6) is 0. The third kappa shape index (κ3) is 3.55. The lowest BCUT2D eigenvalue weighted by Gasteiger charge is -2.18. The number of aromatic nitrogens is 3. The Morgan fingerprint density at radius 2 is 2.35 bits per heavy atom. The van der Waals surface area contributed by atoms with Gasteiger partial charge in [0.25, 0.3) is 0 Å². The predicted molar refractivity (Wildman–Crippen MR) is 87.4 cm³/mol. The van der Waals surface area contributed by atoms with Crippen LogP contribution in [0.4, 0.5) is 0 Å². The highest BCUT2D eigenvalue weighted by Gasteiger charge is 2.22. The topological polar surface area (TPSA) is 76.7 Å². The number of H-pyrrole nitrogens is 1. The molecular weight excluding hydrogens is 360 g/mol. The lowest BCUT2D eigenvalue weighted by Crippen LogP contribution is -2.23. The zero-order chi connectivity index (χ0) is 14.7. The van der Waals surface area contributed by atoms with Gasteiger partial charge in [-0.15, -0.1) is 16.4 Å². The predicted octanol–water partition coefficient (Wildman–Crippen LogP) is 2.99. The van der Waals surface area contributed by atoms with Gasteiger partial charge in [-0.05, 0) is 41.4 Å². The summed E-state index contributed by atoms with van der Waals surface area (Å²) >= 11 is 6.67. The van der Waals surface area contributed by atoms with E-state index in [9.17, 15) is 4.79 Å². The molecule has 110 valence electrons. The fraction of sp³-hybridized carbons (Fsp3) is 0.500.